The Hall–Kier alpha value is -3.88. The Morgan fingerprint density at radius 3 is 2.53 bits per heavy atom. The molecule has 3 aromatic rings. The van der Waals surface area contributed by atoms with Gasteiger partial charge in [-0.2, -0.15) is 0 Å². The summed E-state index contributed by atoms with van der Waals surface area (Å²) in [5, 5.41) is 22.2. The number of rotatable bonds is 11. The summed E-state index contributed by atoms with van der Waals surface area (Å²) in [5.74, 6) is 0.00967. The Balaban J connectivity index is 1.69. The van der Waals surface area contributed by atoms with Crippen LogP contribution in [-0.2, 0) is 9.53 Å². The highest BCUT2D eigenvalue weighted by Gasteiger charge is 2.17. The van der Waals surface area contributed by atoms with Crippen molar-refractivity contribution in [1.82, 2.24) is 5.48 Å². The van der Waals surface area contributed by atoms with Crippen molar-refractivity contribution in [3.63, 3.8) is 0 Å². The maximum absolute atomic E-state index is 12.8. The van der Waals surface area contributed by atoms with Gasteiger partial charge < -0.3 is 14.6 Å². The van der Waals surface area contributed by atoms with Crippen LogP contribution in [0.2, 0.25) is 0 Å². The van der Waals surface area contributed by atoms with Gasteiger partial charge in [0.2, 0.25) is 0 Å². The third-order valence-electron chi connectivity index (χ3n) is 5.10. The number of nitrogens with one attached hydrogen (secondary N) is 2. The highest BCUT2D eigenvalue weighted by atomic mass is 16.6. The predicted octanol–water partition coefficient (Wildman–Crippen LogP) is 4.73. The first-order valence-electron chi connectivity index (χ1n) is 11.0. The number of unbranched alkanes of at least 4 members (excludes halogenated alkanes) is 1. The van der Waals surface area contributed by atoms with Gasteiger partial charge in [0.05, 0.1) is 12.3 Å². The second-order valence-corrected chi connectivity index (χ2v) is 7.50. The second kappa shape index (κ2) is 13.0. The SMILES string of the molecule is O=C(/C=C/CCC[C@H](OC(=O)Nc1cccc2ccccc12)c1ccc(OCCO)cc1)NO. The summed E-state index contributed by atoms with van der Waals surface area (Å²) >= 11 is 0. The lowest BCUT2D eigenvalue weighted by atomic mass is 10.0. The third kappa shape index (κ3) is 7.33. The molecule has 8 heteroatoms. The van der Waals surface area contributed by atoms with Gasteiger partial charge in [-0.05, 0) is 48.4 Å². The Kier molecular flexibility index (Phi) is 9.45. The molecular weight excluding hydrogens is 436 g/mol. The number of carbonyl (C=O) groups excluding carboxylic acids is 2. The lowest BCUT2D eigenvalue weighted by Crippen LogP contribution is -2.18. The Morgan fingerprint density at radius 2 is 1.76 bits per heavy atom. The van der Waals surface area contributed by atoms with E-state index in [0.717, 1.165) is 16.3 Å². The Morgan fingerprint density at radius 1 is 1.00 bits per heavy atom. The summed E-state index contributed by atoms with van der Waals surface area (Å²) in [6, 6.07) is 20.6. The van der Waals surface area contributed by atoms with Gasteiger partial charge in [0.15, 0.2) is 0 Å². The van der Waals surface area contributed by atoms with Crippen LogP contribution in [0.3, 0.4) is 0 Å². The fourth-order valence-corrected chi connectivity index (χ4v) is 3.49. The molecule has 2 amide bonds. The molecular formula is C26H28N2O6. The fraction of sp³-hybridized carbons (Fsp3) is 0.231. The number of anilines is 1. The zero-order valence-electron chi connectivity index (χ0n) is 18.6. The number of fused-ring (bicyclic) bond motifs is 1. The van der Waals surface area contributed by atoms with Crippen LogP contribution in [0.5, 0.6) is 5.75 Å². The largest absolute Gasteiger partial charge is 0.491 e. The number of hydrogen-bond donors (Lipinski definition) is 4. The van der Waals surface area contributed by atoms with Gasteiger partial charge >= 0.3 is 6.09 Å². The lowest BCUT2D eigenvalue weighted by Gasteiger charge is -2.19. The maximum atomic E-state index is 12.8. The molecule has 1 atom stereocenters. The van der Waals surface area contributed by atoms with E-state index < -0.39 is 18.1 Å². The zero-order valence-corrected chi connectivity index (χ0v) is 18.6. The first-order valence-corrected chi connectivity index (χ1v) is 11.0. The van der Waals surface area contributed by atoms with Crippen LogP contribution in [0.1, 0.15) is 30.9 Å². The predicted molar refractivity (Wildman–Crippen MR) is 129 cm³/mol. The van der Waals surface area contributed by atoms with Crippen LogP contribution < -0.4 is 15.5 Å². The maximum Gasteiger partial charge on any atom is 0.412 e. The molecule has 0 aliphatic heterocycles. The molecule has 8 nitrogen and oxygen atoms in total. The van der Waals surface area contributed by atoms with Crippen LogP contribution >= 0.6 is 0 Å². The summed E-state index contributed by atoms with van der Waals surface area (Å²) in [7, 11) is 0. The van der Waals surface area contributed by atoms with Crippen LogP contribution in [0.15, 0.2) is 78.9 Å². The number of ether oxygens (including phenoxy) is 2. The monoisotopic (exact) mass is 464 g/mol. The molecule has 178 valence electrons. The van der Waals surface area contributed by atoms with E-state index in [-0.39, 0.29) is 13.2 Å². The number of aliphatic hydroxyl groups excluding tert-OH is 1. The molecule has 0 unspecified atom stereocenters. The lowest BCUT2D eigenvalue weighted by molar-refractivity contribution is -0.124. The average Bonchev–Trinajstić information content (AvgIpc) is 2.87. The van der Waals surface area contributed by atoms with Crippen LogP contribution in [0.4, 0.5) is 10.5 Å². The van der Waals surface area contributed by atoms with Crippen molar-refractivity contribution < 1.29 is 29.4 Å². The van der Waals surface area contributed by atoms with Crippen molar-refractivity contribution in [3.05, 3.63) is 84.4 Å². The molecule has 0 fully saturated rings. The first kappa shape index (κ1) is 24.8. The van der Waals surface area contributed by atoms with Gasteiger partial charge in [-0.15, -0.1) is 0 Å². The van der Waals surface area contributed by atoms with E-state index in [1.807, 2.05) is 54.6 Å². The molecule has 0 radical (unpaired) electrons. The third-order valence-corrected chi connectivity index (χ3v) is 5.10. The quantitative estimate of drug-likeness (QED) is 0.141. The first-order chi connectivity index (χ1) is 16.6. The number of amides is 2. The minimum absolute atomic E-state index is 0.0797. The number of allylic oxidation sites excluding steroid dienone is 1. The fourth-order valence-electron chi connectivity index (χ4n) is 3.49. The number of benzene rings is 3. The van der Waals surface area contributed by atoms with Gasteiger partial charge in [-0.25, -0.2) is 10.3 Å². The summed E-state index contributed by atoms with van der Waals surface area (Å²) in [5.41, 5.74) is 2.99. The van der Waals surface area contributed by atoms with Crippen molar-refractivity contribution in [2.45, 2.75) is 25.4 Å². The van der Waals surface area contributed by atoms with E-state index in [1.165, 1.54) is 6.08 Å². The van der Waals surface area contributed by atoms with Crippen LogP contribution in [-0.4, -0.2) is 35.5 Å². The minimum atomic E-state index is -0.597. The zero-order chi connectivity index (χ0) is 24.2. The van der Waals surface area contributed by atoms with Crippen LogP contribution in [0.25, 0.3) is 10.8 Å². The van der Waals surface area contributed by atoms with Crippen molar-refractivity contribution in [3.8, 4) is 5.75 Å². The topological polar surface area (TPSA) is 117 Å². The summed E-state index contributed by atoms with van der Waals surface area (Å²) in [6.07, 6.45) is 3.52. The van der Waals surface area contributed by atoms with E-state index in [4.69, 9.17) is 19.8 Å². The molecule has 0 saturated heterocycles. The Bertz CT molecular complexity index is 1110. The van der Waals surface area contributed by atoms with E-state index in [2.05, 4.69) is 5.32 Å². The molecule has 0 aliphatic carbocycles. The smallest absolute Gasteiger partial charge is 0.412 e. The molecule has 0 spiro atoms. The van der Waals surface area contributed by atoms with Crippen molar-refractivity contribution >= 4 is 28.5 Å². The highest BCUT2D eigenvalue weighted by Crippen LogP contribution is 2.28. The van der Waals surface area contributed by atoms with Gasteiger partial charge in [-0.1, -0.05) is 54.6 Å². The highest BCUT2D eigenvalue weighted by molar-refractivity contribution is 6.00. The minimum Gasteiger partial charge on any atom is -0.491 e. The van der Waals surface area contributed by atoms with E-state index in [0.29, 0.717) is 30.7 Å². The standard InChI is InChI=1S/C26H28N2O6/c29-17-18-33-21-15-13-20(14-16-21)24(11-2-1-3-12-25(30)28-32)34-26(31)27-23-10-6-8-19-7-4-5-9-22(19)23/h3-10,12-16,24,29,32H,1-2,11,17-18H2,(H,27,31)(H,28,30)/b12-3+/t24-/m0/s1. The van der Waals surface area contributed by atoms with Crippen molar-refractivity contribution in [2.75, 3.05) is 18.5 Å². The molecule has 4 N–H and O–H groups in total. The van der Waals surface area contributed by atoms with E-state index in [1.54, 1.807) is 23.7 Å². The Labute approximate surface area is 197 Å². The van der Waals surface area contributed by atoms with E-state index >= 15 is 0 Å². The molecule has 0 aromatic heterocycles. The summed E-state index contributed by atoms with van der Waals surface area (Å²) in [6.45, 7) is 0.115. The normalized spacial score (nSPS) is 11.8. The molecule has 0 saturated carbocycles. The van der Waals surface area contributed by atoms with Gasteiger partial charge in [0.25, 0.3) is 5.91 Å². The van der Waals surface area contributed by atoms with Gasteiger partial charge in [0.1, 0.15) is 18.5 Å². The number of hydrogen-bond acceptors (Lipinski definition) is 6. The summed E-state index contributed by atoms with van der Waals surface area (Å²) < 4.78 is 11.2. The molecule has 3 rings (SSSR count). The molecule has 0 aliphatic rings. The number of carbonyl (C=O) groups is 2. The number of hydroxylamine groups is 1. The average molecular weight is 465 g/mol. The summed E-state index contributed by atoms with van der Waals surface area (Å²) in [4.78, 5) is 23.9. The van der Waals surface area contributed by atoms with Gasteiger partial charge in [-0.3, -0.25) is 15.3 Å². The van der Waals surface area contributed by atoms with Crippen molar-refractivity contribution in [1.29, 1.82) is 0 Å². The molecule has 34 heavy (non-hydrogen) atoms. The van der Waals surface area contributed by atoms with E-state index in [9.17, 15) is 9.59 Å². The molecule has 3 aromatic carbocycles. The van der Waals surface area contributed by atoms with Gasteiger partial charge in [0, 0.05) is 11.5 Å². The molecule has 0 heterocycles. The van der Waals surface area contributed by atoms with Crippen molar-refractivity contribution in [2.24, 2.45) is 0 Å². The molecule has 0 bridgehead atoms. The van der Waals surface area contributed by atoms with Crippen LogP contribution in [0, 0.1) is 0 Å². The number of aliphatic hydroxyl groups is 1. The second-order valence-electron chi connectivity index (χ2n) is 7.50.